The van der Waals surface area contributed by atoms with Gasteiger partial charge in [0.1, 0.15) is 0 Å². The summed E-state index contributed by atoms with van der Waals surface area (Å²) in [5, 5.41) is 3.70. The predicted molar refractivity (Wildman–Crippen MR) is 59.5 cm³/mol. The monoisotopic (exact) mass is 203 g/mol. The van der Waals surface area contributed by atoms with Gasteiger partial charge in [-0.3, -0.25) is 0 Å². The summed E-state index contributed by atoms with van der Waals surface area (Å²) in [4.78, 5) is 0. The zero-order valence-electron chi connectivity index (χ0n) is 8.64. The van der Waals surface area contributed by atoms with Gasteiger partial charge in [0.2, 0.25) is 0 Å². The number of hydrogen-bond donors (Lipinski definition) is 1. The van der Waals surface area contributed by atoms with Crippen molar-refractivity contribution in [2.24, 2.45) is 5.92 Å². The number of halogens is 1. The molecule has 0 aromatic carbocycles. The molecule has 0 aromatic rings. The largest absolute Gasteiger partial charge is 0.311 e. The van der Waals surface area contributed by atoms with Crippen molar-refractivity contribution >= 4 is 12.4 Å². The van der Waals surface area contributed by atoms with E-state index in [1.54, 1.807) is 0 Å². The Morgan fingerprint density at radius 3 is 2.31 bits per heavy atom. The molecule has 78 valence electrons. The second-order valence-corrected chi connectivity index (χ2v) is 4.78. The Kier molecular flexibility index (Phi) is 4.06. The van der Waals surface area contributed by atoms with Crippen molar-refractivity contribution in [3.8, 4) is 0 Å². The average molecular weight is 204 g/mol. The van der Waals surface area contributed by atoms with E-state index in [1.165, 1.54) is 51.5 Å². The van der Waals surface area contributed by atoms with E-state index in [0.717, 1.165) is 5.92 Å². The topological polar surface area (TPSA) is 12.0 Å². The summed E-state index contributed by atoms with van der Waals surface area (Å²) < 4.78 is 0. The molecule has 13 heavy (non-hydrogen) atoms. The average Bonchev–Trinajstić information content (AvgIpc) is 2.55. The van der Waals surface area contributed by atoms with E-state index in [4.69, 9.17) is 0 Å². The van der Waals surface area contributed by atoms with Crippen molar-refractivity contribution in [3.63, 3.8) is 0 Å². The van der Waals surface area contributed by atoms with Crippen LogP contribution in [0.4, 0.5) is 0 Å². The highest BCUT2D eigenvalue weighted by Crippen LogP contribution is 2.37. The maximum absolute atomic E-state index is 3.70. The van der Waals surface area contributed by atoms with Crippen LogP contribution in [0.1, 0.15) is 51.9 Å². The molecule has 0 radical (unpaired) electrons. The molecule has 1 N–H and O–H groups in total. The first-order valence-corrected chi connectivity index (χ1v) is 5.56. The third-order valence-electron chi connectivity index (χ3n) is 3.91. The zero-order chi connectivity index (χ0) is 8.44. The van der Waals surface area contributed by atoms with E-state index < -0.39 is 0 Å². The standard InChI is InChI=1S/C11H21N.ClH/c1-11(8-5-9-12-11)10-6-3-2-4-7-10;/h10,12H,2-9H2,1H3;1H. The summed E-state index contributed by atoms with van der Waals surface area (Å²) in [5.74, 6) is 0.980. The van der Waals surface area contributed by atoms with Crippen LogP contribution in [0.15, 0.2) is 0 Å². The second kappa shape index (κ2) is 4.65. The molecule has 0 aromatic heterocycles. The summed E-state index contributed by atoms with van der Waals surface area (Å²) in [6.45, 7) is 3.70. The zero-order valence-corrected chi connectivity index (χ0v) is 9.46. The minimum absolute atomic E-state index is 0. The minimum atomic E-state index is 0. The summed E-state index contributed by atoms with van der Waals surface area (Å²) >= 11 is 0. The first-order chi connectivity index (χ1) is 5.81. The maximum Gasteiger partial charge on any atom is 0.0181 e. The second-order valence-electron chi connectivity index (χ2n) is 4.78. The predicted octanol–water partition coefficient (Wildman–Crippen LogP) is 3.13. The van der Waals surface area contributed by atoms with E-state index in [0.29, 0.717) is 5.54 Å². The van der Waals surface area contributed by atoms with Gasteiger partial charge in [0.05, 0.1) is 0 Å². The van der Waals surface area contributed by atoms with Gasteiger partial charge >= 0.3 is 0 Å². The molecular formula is C11H22ClN. The Balaban J connectivity index is 0.000000845. The van der Waals surface area contributed by atoms with Crippen molar-refractivity contribution in [1.29, 1.82) is 0 Å². The van der Waals surface area contributed by atoms with Crippen LogP contribution in [0.5, 0.6) is 0 Å². The first kappa shape index (κ1) is 11.3. The Morgan fingerprint density at radius 1 is 1.08 bits per heavy atom. The first-order valence-electron chi connectivity index (χ1n) is 5.56. The summed E-state index contributed by atoms with van der Waals surface area (Å²) in [6, 6.07) is 0. The molecule has 0 bridgehead atoms. The summed E-state index contributed by atoms with van der Waals surface area (Å²) in [7, 11) is 0. The van der Waals surface area contributed by atoms with Crippen LogP contribution in [-0.4, -0.2) is 12.1 Å². The molecule has 1 saturated heterocycles. The van der Waals surface area contributed by atoms with E-state index in [-0.39, 0.29) is 12.4 Å². The molecule has 1 aliphatic heterocycles. The van der Waals surface area contributed by atoms with E-state index in [9.17, 15) is 0 Å². The van der Waals surface area contributed by atoms with Crippen molar-refractivity contribution in [3.05, 3.63) is 0 Å². The Hall–Kier alpha value is 0.250. The van der Waals surface area contributed by atoms with Crippen LogP contribution in [0, 0.1) is 5.92 Å². The van der Waals surface area contributed by atoms with Gasteiger partial charge in [-0.05, 0) is 45.1 Å². The molecule has 2 heteroatoms. The van der Waals surface area contributed by atoms with Gasteiger partial charge < -0.3 is 5.32 Å². The van der Waals surface area contributed by atoms with Gasteiger partial charge in [0.25, 0.3) is 0 Å². The maximum atomic E-state index is 3.70. The van der Waals surface area contributed by atoms with Gasteiger partial charge in [-0.2, -0.15) is 0 Å². The van der Waals surface area contributed by atoms with Crippen molar-refractivity contribution < 1.29 is 0 Å². The highest BCUT2D eigenvalue weighted by Gasteiger charge is 2.36. The molecule has 0 amide bonds. The molecule has 2 aliphatic rings. The molecular weight excluding hydrogens is 182 g/mol. The fourth-order valence-corrected chi connectivity index (χ4v) is 3.01. The van der Waals surface area contributed by atoms with Crippen LogP contribution >= 0.6 is 12.4 Å². The molecule has 1 saturated carbocycles. The Labute approximate surface area is 88.1 Å². The molecule has 0 spiro atoms. The lowest BCUT2D eigenvalue weighted by Gasteiger charge is -2.37. The van der Waals surface area contributed by atoms with Crippen LogP contribution in [0.2, 0.25) is 0 Å². The van der Waals surface area contributed by atoms with E-state index in [1.807, 2.05) is 0 Å². The van der Waals surface area contributed by atoms with Crippen LogP contribution in [0.3, 0.4) is 0 Å². The molecule has 1 unspecified atom stereocenters. The van der Waals surface area contributed by atoms with Gasteiger partial charge in [-0.1, -0.05) is 19.3 Å². The third kappa shape index (κ3) is 2.38. The molecule has 1 atom stereocenters. The van der Waals surface area contributed by atoms with Crippen LogP contribution in [-0.2, 0) is 0 Å². The highest BCUT2D eigenvalue weighted by atomic mass is 35.5. The highest BCUT2D eigenvalue weighted by molar-refractivity contribution is 5.85. The summed E-state index contributed by atoms with van der Waals surface area (Å²) in [6.07, 6.45) is 10.2. The SMILES string of the molecule is CC1(C2CCCCC2)CCCN1.Cl. The number of rotatable bonds is 1. The van der Waals surface area contributed by atoms with Gasteiger partial charge in [-0.25, -0.2) is 0 Å². The fourth-order valence-electron chi connectivity index (χ4n) is 3.01. The minimum Gasteiger partial charge on any atom is -0.311 e. The van der Waals surface area contributed by atoms with E-state index >= 15 is 0 Å². The molecule has 1 aliphatic carbocycles. The van der Waals surface area contributed by atoms with Crippen LogP contribution < -0.4 is 5.32 Å². The molecule has 1 heterocycles. The molecule has 2 rings (SSSR count). The van der Waals surface area contributed by atoms with Gasteiger partial charge in [0, 0.05) is 5.54 Å². The lowest BCUT2D eigenvalue weighted by Crippen LogP contribution is -2.44. The lowest BCUT2D eigenvalue weighted by molar-refractivity contribution is 0.200. The van der Waals surface area contributed by atoms with E-state index in [2.05, 4.69) is 12.2 Å². The fraction of sp³-hybridized carbons (Fsp3) is 1.00. The molecule has 2 fully saturated rings. The number of nitrogens with one attached hydrogen (secondary N) is 1. The third-order valence-corrected chi connectivity index (χ3v) is 3.91. The Bertz CT molecular complexity index is 146. The van der Waals surface area contributed by atoms with Crippen molar-refractivity contribution in [2.75, 3.05) is 6.54 Å². The van der Waals surface area contributed by atoms with Crippen molar-refractivity contribution in [2.45, 2.75) is 57.4 Å². The summed E-state index contributed by atoms with van der Waals surface area (Å²) in [5.41, 5.74) is 0.514. The van der Waals surface area contributed by atoms with Crippen molar-refractivity contribution in [1.82, 2.24) is 5.32 Å². The normalized spacial score (nSPS) is 35.8. The van der Waals surface area contributed by atoms with Gasteiger partial charge in [0.15, 0.2) is 0 Å². The Morgan fingerprint density at radius 2 is 1.77 bits per heavy atom. The quantitative estimate of drug-likeness (QED) is 0.691. The number of hydrogen-bond acceptors (Lipinski definition) is 1. The lowest BCUT2D eigenvalue weighted by atomic mass is 9.75. The van der Waals surface area contributed by atoms with Crippen LogP contribution in [0.25, 0.3) is 0 Å². The smallest absolute Gasteiger partial charge is 0.0181 e. The van der Waals surface area contributed by atoms with Gasteiger partial charge in [-0.15, -0.1) is 12.4 Å². The molecule has 1 nitrogen and oxygen atoms in total.